The summed E-state index contributed by atoms with van der Waals surface area (Å²) in [5.41, 5.74) is 5.40. The largest absolute Gasteiger partial charge is 0.394 e. The van der Waals surface area contributed by atoms with E-state index < -0.39 is 0 Å². The fourth-order valence-electron chi connectivity index (χ4n) is 2.57. The Morgan fingerprint density at radius 1 is 1.37 bits per heavy atom. The summed E-state index contributed by atoms with van der Waals surface area (Å²) in [6, 6.07) is 1.81. The number of nitrogens with zero attached hydrogens (tertiary/aromatic N) is 2. The quantitative estimate of drug-likeness (QED) is 0.658. The topological polar surface area (TPSA) is 96.1 Å². The van der Waals surface area contributed by atoms with E-state index >= 15 is 0 Å². The molecule has 19 heavy (non-hydrogen) atoms. The van der Waals surface area contributed by atoms with Crippen molar-refractivity contribution in [3.05, 3.63) is 6.07 Å². The van der Waals surface area contributed by atoms with E-state index in [1.54, 1.807) is 7.05 Å². The third-order valence-electron chi connectivity index (χ3n) is 3.93. The molecule has 1 aliphatic rings. The summed E-state index contributed by atoms with van der Waals surface area (Å²) in [7, 11) is 1.79. The number of nitrogen functional groups attached to an aromatic ring is 1. The molecular formula is C13H23N5O. The molecule has 1 heterocycles. The van der Waals surface area contributed by atoms with Gasteiger partial charge in [-0.3, -0.25) is 0 Å². The minimum atomic E-state index is -0.279. The van der Waals surface area contributed by atoms with Crippen molar-refractivity contribution < 1.29 is 5.11 Å². The van der Waals surface area contributed by atoms with Gasteiger partial charge in [0.05, 0.1) is 12.1 Å². The second-order valence-electron chi connectivity index (χ2n) is 5.49. The van der Waals surface area contributed by atoms with E-state index in [1.807, 2.05) is 6.07 Å². The van der Waals surface area contributed by atoms with Crippen molar-refractivity contribution >= 4 is 17.6 Å². The predicted molar refractivity (Wildman–Crippen MR) is 77.1 cm³/mol. The molecule has 0 atom stereocenters. The number of nitrogens with one attached hydrogen (secondary N) is 2. The number of rotatable bonds is 4. The molecule has 0 spiro atoms. The lowest BCUT2D eigenvalue weighted by atomic mass is 9.77. The van der Waals surface area contributed by atoms with Gasteiger partial charge in [-0.2, -0.15) is 9.97 Å². The summed E-state index contributed by atoms with van der Waals surface area (Å²) in [6.45, 7) is 2.36. The fraction of sp³-hybridized carbons (Fsp3) is 0.692. The monoisotopic (exact) mass is 265 g/mol. The Hall–Kier alpha value is -1.56. The van der Waals surface area contributed by atoms with Crippen LogP contribution in [-0.2, 0) is 0 Å². The molecule has 1 aromatic heterocycles. The summed E-state index contributed by atoms with van der Waals surface area (Å²) < 4.78 is 0. The summed E-state index contributed by atoms with van der Waals surface area (Å²) in [6.07, 6.45) is 4.13. The molecule has 1 fully saturated rings. The Labute approximate surface area is 113 Å². The highest BCUT2D eigenvalue weighted by Gasteiger charge is 2.33. The average molecular weight is 265 g/mol. The molecule has 106 valence electrons. The van der Waals surface area contributed by atoms with E-state index in [9.17, 15) is 5.11 Å². The maximum absolute atomic E-state index is 9.73. The SMILES string of the molecule is CNc1cc(NC2(CO)CCC(C)CC2)nc(N)n1. The molecule has 1 saturated carbocycles. The minimum absolute atomic E-state index is 0.110. The van der Waals surface area contributed by atoms with Gasteiger partial charge in [0.1, 0.15) is 11.6 Å². The molecule has 1 aliphatic carbocycles. The Balaban J connectivity index is 2.16. The van der Waals surface area contributed by atoms with Gasteiger partial charge in [-0.15, -0.1) is 0 Å². The van der Waals surface area contributed by atoms with Crippen molar-refractivity contribution in [1.29, 1.82) is 0 Å². The second-order valence-corrected chi connectivity index (χ2v) is 5.49. The molecule has 0 bridgehead atoms. The number of aromatic nitrogens is 2. The van der Waals surface area contributed by atoms with Gasteiger partial charge in [-0.1, -0.05) is 6.92 Å². The Kier molecular flexibility index (Phi) is 4.09. The van der Waals surface area contributed by atoms with E-state index in [4.69, 9.17) is 5.73 Å². The van der Waals surface area contributed by atoms with E-state index in [0.717, 1.165) is 31.6 Å². The van der Waals surface area contributed by atoms with Crippen LogP contribution in [0.3, 0.4) is 0 Å². The fourth-order valence-corrected chi connectivity index (χ4v) is 2.57. The van der Waals surface area contributed by atoms with Crippen LogP contribution in [0.15, 0.2) is 6.07 Å². The van der Waals surface area contributed by atoms with Crippen LogP contribution >= 0.6 is 0 Å². The summed E-state index contributed by atoms with van der Waals surface area (Å²) >= 11 is 0. The molecule has 0 saturated heterocycles. The first kappa shape index (κ1) is 13.9. The zero-order valence-electron chi connectivity index (χ0n) is 11.6. The highest BCUT2D eigenvalue weighted by molar-refractivity contribution is 5.52. The summed E-state index contributed by atoms with van der Waals surface area (Å²) in [4.78, 5) is 8.25. The third kappa shape index (κ3) is 3.26. The normalized spacial score (nSPS) is 27.0. The first-order valence-corrected chi connectivity index (χ1v) is 6.78. The number of aliphatic hydroxyl groups excluding tert-OH is 1. The number of anilines is 3. The molecule has 5 N–H and O–H groups in total. The maximum Gasteiger partial charge on any atom is 0.223 e. The highest BCUT2D eigenvalue weighted by Crippen LogP contribution is 2.34. The molecule has 0 aromatic carbocycles. The molecule has 6 heteroatoms. The zero-order chi connectivity index (χ0) is 13.9. The molecule has 2 rings (SSSR count). The van der Waals surface area contributed by atoms with Crippen molar-refractivity contribution in [2.24, 2.45) is 5.92 Å². The minimum Gasteiger partial charge on any atom is -0.394 e. The van der Waals surface area contributed by atoms with E-state index in [1.165, 1.54) is 0 Å². The van der Waals surface area contributed by atoms with Gasteiger partial charge in [-0.25, -0.2) is 0 Å². The first-order valence-electron chi connectivity index (χ1n) is 6.78. The van der Waals surface area contributed by atoms with Gasteiger partial charge >= 0.3 is 0 Å². The molecule has 0 amide bonds. The Morgan fingerprint density at radius 2 is 2.00 bits per heavy atom. The van der Waals surface area contributed by atoms with E-state index in [0.29, 0.717) is 11.6 Å². The number of nitrogens with two attached hydrogens (primary N) is 1. The molecule has 0 radical (unpaired) electrons. The van der Waals surface area contributed by atoms with Crippen molar-refractivity contribution in [2.75, 3.05) is 30.0 Å². The van der Waals surface area contributed by atoms with Crippen LogP contribution in [0, 0.1) is 5.92 Å². The lowest BCUT2D eigenvalue weighted by Gasteiger charge is -2.39. The number of hydrogen-bond donors (Lipinski definition) is 4. The van der Waals surface area contributed by atoms with Crippen LogP contribution in [0.2, 0.25) is 0 Å². The summed E-state index contributed by atoms with van der Waals surface area (Å²) in [5, 5.41) is 16.0. The van der Waals surface area contributed by atoms with E-state index in [2.05, 4.69) is 27.5 Å². The van der Waals surface area contributed by atoms with Crippen molar-refractivity contribution in [2.45, 2.75) is 38.1 Å². The zero-order valence-corrected chi connectivity index (χ0v) is 11.6. The highest BCUT2D eigenvalue weighted by atomic mass is 16.3. The van der Waals surface area contributed by atoms with Crippen molar-refractivity contribution in [1.82, 2.24) is 9.97 Å². The molecule has 0 unspecified atom stereocenters. The van der Waals surface area contributed by atoms with Crippen molar-refractivity contribution in [3.8, 4) is 0 Å². The molecular weight excluding hydrogens is 242 g/mol. The van der Waals surface area contributed by atoms with Crippen LogP contribution < -0.4 is 16.4 Å². The molecule has 1 aromatic rings. The summed E-state index contributed by atoms with van der Waals surface area (Å²) in [5.74, 6) is 2.30. The molecule has 6 nitrogen and oxygen atoms in total. The van der Waals surface area contributed by atoms with Crippen LogP contribution in [0.25, 0.3) is 0 Å². The maximum atomic E-state index is 9.73. The lowest BCUT2D eigenvalue weighted by Crippen LogP contribution is -2.45. The van der Waals surface area contributed by atoms with Gasteiger partial charge in [-0.05, 0) is 31.6 Å². The standard InChI is InChI=1S/C13H23N5O/c1-9-3-5-13(8-19,6-4-9)18-11-7-10(15-2)16-12(14)17-11/h7,9,19H,3-6,8H2,1-2H3,(H4,14,15,16,17,18). The van der Waals surface area contributed by atoms with Crippen LogP contribution in [0.1, 0.15) is 32.6 Å². The second kappa shape index (κ2) is 5.61. The average Bonchev–Trinajstić information content (AvgIpc) is 2.41. The first-order chi connectivity index (χ1) is 9.07. The van der Waals surface area contributed by atoms with E-state index in [-0.39, 0.29) is 18.1 Å². The number of aliphatic hydroxyl groups is 1. The van der Waals surface area contributed by atoms with Crippen LogP contribution in [-0.4, -0.2) is 34.3 Å². The van der Waals surface area contributed by atoms with Crippen LogP contribution in [0.5, 0.6) is 0 Å². The van der Waals surface area contributed by atoms with Crippen molar-refractivity contribution in [3.63, 3.8) is 0 Å². The predicted octanol–water partition coefficient (Wildman–Crippen LogP) is 1.45. The number of hydrogen-bond acceptors (Lipinski definition) is 6. The Morgan fingerprint density at radius 3 is 2.58 bits per heavy atom. The Bertz CT molecular complexity index is 429. The smallest absolute Gasteiger partial charge is 0.223 e. The van der Waals surface area contributed by atoms with Gasteiger partial charge in [0, 0.05) is 13.1 Å². The van der Waals surface area contributed by atoms with Gasteiger partial charge in [0.25, 0.3) is 0 Å². The molecule has 0 aliphatic heterocycles. The lowest BCUT2D eigenvalue weighted by molar-refractivity contribution is 0.155. The third-order valence-corrected chi connectivity index (χ3v) is 3.93. The van der Waals surface area contributed by atoms with Gasteiger partial charge in [0.15, 0.2) is 0 Å². The van der Waals surface area contributed by atoms with Gasteiger partial charge < -0.3 is 21.5 Å². The van der Waals surface area contributed by atoms with Crippen LogP contribution in [0.4, 0.5) is 17.6 Å². The van der Waals surface area contributed by atoms with Gasteiger partial charge in [0.2, 0.25) is 5.95 Å².